The van der Waals surface area contributed by atoms with Gasteiger partial charge in [0.1, 0.15) is 0 Å². The topological polar surface area (TPSA) is 29.1 Å². The molecule has 3 rings (SSSR count). The van der Waals surface area contributed by atoms with E-state index < -0.39 is 0 Å². The summed E-state index contributed by atoms with van der Waals surface area (Å²) in [6.45, 7) is 1.83. The fourth-order valence-electron chi connectivity index (χ4n) is 2.78. The molecule has 0 aromatic heterocycles. The molecule has 0 radical (unpaired) electrons. The molecule has 20 heavy (non-hydrogen) atoms. The van der Waals surface area contributed by atoms with E-state index in [0.29, 0.717) is 10.6 Å². The third-order valence-electron chi connectivity index (χ3n) is 3.83. The van der Waals surface area contributed by atoms with Crippen LogP contribution in [0, 0.1) is 5.92 Å². The van der Waals surface area contributed by atoms with Crippen LogP contribution in [0.4, 0.5) is 0 Å². The Labute approximate surface area is 129 Å². The molecule has 1 heterocycles. The monoisotopic (exact) mass is 309 g/mol. The Morgan fingerprint density at radius 3 is 2.55 bits per heavy atom. The minimum absolute atomic E-state index is 0. The van der Waals surface area contributed by atoms with Gasteiger partial charge in [0.05, 0.1) is 5.02 Å². The number of Topliss-reactive ketones (excluding diaryl/α,β-unsaturated/α-hetero) is 1. The van der Waals surface area contributed by atoms with Crippen LogP contribution in [0.3, 0.4) is 0 Å². The third kappa shape index (κ3) is 2.83. The Kier molecular flexibility index (Phi) is 5.03. The van der Waals surface area contributed by atoms with Gasteiger partial charge in [0, 0.05) is 11.5 Å². The largest absolute Gasteiger partial charge is 0.317 e. The van der Waals surface area contributed by atoms with Crippen molar-refractivity contribution in [2.75, 3.05) is 13.1 Å². The maximum atomic E-state index is 12.7. The Balaban J connectivity index is 0.00000147. The summed E-state index contributed by atoms with van der Waals surface area (Å²) in [6.07, 6.45) is 1.80. The van der Waals surface area contributed by atoms with Gasteiger partial charge >= 0.3 is 0 Å². The lowest BCUT2D eigenvalue weighted by Gasteiger charge is -2.22. The molecule has 2 nitrogen and oxygen atoms in total. The van der Waals surface area contributed by atoms with Crippen LogP contribution in [0.15, 0.2) is 36.4 Å². The summed E-state index contributed by atoms with van der Waals surface area (Å²) >= 11 is 6.28. The number of hydrogen-bond acceptors (Lipinski definition) is 2. The average molecular weight is 310 g/mol. The van der Waals surface area contributed by atoms with Crippen LogP contribution < -0.4 is 5.32 Å². The first-order valence-electron chi connectivity index (χ1n) is 6.69. The number of rotatable bonds is 2. The summed E-state index contributed by atoms with van der Waals surface area (Å²) in [7, 11) is 0. The maximum absolute atomic E-state index is 12.7. The number of hydrogen-bond donors (Lipinski definition) is 1. The lowest BCUT2D eigenvalue weighted by atomic mass is 9.87. The summed E-state index contributed by atoms with van der Waals surface area (Å²) in [5.41, 5.74) is 0.701. The number of carbonyl (C=O) groups is 1. The second kappa shape index (κ2) is 6.57. The number of benzene rings is 2. The van der Waals surface area contributed by atoms with Gasteiger partial charge in [0.25, 0.3) is 0 Å². The van der Waals surface area contributed by atoms with E-state index in [4.69, 9.17) is 11.6 Å². The first kappa shape index (κ1) is 15.3. The van der Waals surface area contributed by atoms with E-state index in [1.807, 2.05) is 36.4 Å². The van der Waals surface area contributed by atoms with Gasteiger partial charge in [-0.3, -0.25) is 4.79 Å². The van der Waals surface area contributed by atoms with Crippen LogP contribution in [0.2, 0.25) is 5.02 Å². The minimum Gasteiger partial charge on any atom is -0.317 e. The Morgan fingerprint density at radius 1 is 1.10 bits per heavy atom. The molecule has 2 aromatic rings. The van der Waals surface area contributed by atoms with E-state index in [1.54, 1.807) is 0 Å². The molecule has 0 aliphatic carbocycles. The second-order valence-corrected chi connectivity index (χ2v) is 5.44. The summed E-state index contributed by atoms with van der Waals surface area (Å²) in [4.78, 5) is 12.7. The number of fused-ring (bicyclic) bond motifs is 1. The highest BCUT2D eigenvalue weighted by Gasteiger charge is 2.25. The van der Waals surface area contributed by atoms with Gasteiger partial charge in [-0.15, -0.1) is 12.4 Å². The van der Waals surface area contributed by atoms with E-state index in [2.05, 4.69) is 5.32 Å². The standard InChI is InChI=1S/C16H16ClNO.ClH/c17-14-6-5-11-3-1-2-4-13(11)15(14)16(19)12-7-9-18-10-8-12;/h1-6,12,18H,7-10H2;1H. The predicted octanol–water partition coefficient (Wildman–Crippen LogP) is 4.10. The second-order valence-electron chi connectivity index (χ2n) is 5.03. The number of ketones is 1. The molecule has 1 N–H and O–H groups in total. The summed E-state index contributed by atoms with van der Waals surface area (Å²) in [5, 5.41) is 5.90. The van der Waals surface area contributed by atoms with Crippen molar-refractivity contribution in [2.45, 2.75) is 12.8 Å². The zero-order valence-electron chi connectivity index (χ0n) is 11.1. The Hall–Kier alpha value is -1.09. The molecule has 0 unspecified atom stereocenters. The zero-order chi connectivity index (χ0) is 13.2. The van der Waals surface area contributed by atoms with Crippen LogP contribution in [0.5, 0.6) is 0 Å². The highest BCUT2D eigenvalue weighted by atomic mass is 35.5. The lowest BCUT2D eigenvalue weighted by Crippen LogP contribution is -2.32. The van der Waals surface area contributed by atoms with E-state index in [-0.39, 0.29) is 24.1 Å². The Morgan fingerprint density at radius 2 is 1.80 bits per heavy atom. The van der Waals surface area contributed by atoms with Crippen molar-refractivity contribution < 1.29 is 4.79 Å². The van der Waals surface area contributed by atoms with E-state index in [9.17, 15) is 4.79 Å². The smallest absolute Gasteiger partial charge is 0.168 e. The molecule has 4 heteroatoms. The quantitative estimate of drug-likeness (QED) is 0.846. The highest BCUT2D eigenvalue weighted by molar-refractivity contribution is 6.36. The third-order valence-corrected chi connectivity index (χ3v) is 4.15. The molecule has 0 spiro atoms. The molecule has 1 aliphatic heterocycles. The molecule has 0 saturated carbocycles. The fraction of sp³-hybridized carbons (Fsp3) is 0.312. The maximum Gasteiger partial charge on any atom is 0.168 e. The van der Waals surface area contributed by atoms with Gasteiger partial charge in [-0.25, -0.2) is 0 Å². The van der Waals surface area contributed by atoms with Gasteiger partial charge in [0.2, 0.25) is 0 Å². The van der Waals surface area contributed by atoms with Crippen LogP contribution >= 0.6 is 24.0 Å². The van der Waals surface area contributed by atoms with Crippen molar-refractivity contribution in [1.82, 2.24) is 5.32 Å². The van der Waals surface area contributed by atoms with Gasteiger partial charge in [-0.05, 0) is 42.8 Å². The van der Waals surface area contributed by atoms with Gasteiger partial charge < -0.3 is 5.32 Å². The van der Waals surface area contributed by atoms with Gasteiger partial charge in [-0.2, -0.15) is 0 Å². The molecule has 1 fully saturated rings. The summed E-state index contributed by atoms with van der Waals surface area (Å²) in [5.74, 6) is 0.299. The van der Waals surface area contributed by atoms with E-state index in [1.165, 1.54) is 0 Å². The predicted molar refractivity (Wildman–Crippen MR) is 86.1 cm³/mol. The molecule has 106 valence electrons. The minimum atomic E-state index is 0. The van der Waals surface area contributed by atoms with Crippen molar-refractivity contribution in [3.63, 3.8) is 0 Å². The summed E-state index contributed by atoms with van der Waals surface area (Å²) in [6, 6.07) is 11.7. The first-order valence-corrected chi connectivity index (χ1v) is 7.07. The zero-order valence-corrected chi connectivity index (χ0v) is 12.6. The van der Waals surface area contributed by atoms with Crippen LogP contribution in [-0.2, 0) is 0 Å². The fourth-order valence-corrected chi connectivity index (χ4v) is 3.04. The normalized spacial score (nSPS) is 15.8. The lowest BCUT2D eigenvalue weighted by molar-refractivity contribution is 0.0897. The first-order chi connectivity index (χ1) is 9.27. The number of carbonyl (C=O) groups excluding carboxylic acids is 1. The van der Waals surface area contributed by atoms with Crippen LogP contribution in [0.25, 0.3) is 10.8 Å². The number of piperidine rings is 1. The van der Waals surface area contributed by atoms with Crippen LogP contribution in [0.1, 0.15) is 23.2 Å². The molecular formula is C16H17Cl2NO. The SMILES string of the molecule is Cl.O=C(c1c(Cl)ccc2ccccc12)C1CCNCC1. The average Bonchev–Trinajstić information content (AvgIpc) is 2.47. The van der Waals surface area contributed by atoms with Gasteiger partial charge in [-0.1, -0.05) is 41.9 Å². The van der Waals surface area contributed by atoms with Crippen molar-refractivity contribution >= 4 is 40.6 Å². The van der Waals surface area contributed by atoms with Crippen molar-refractivity contribution in [2.24, 2.45) is 5.92 Å². The van der Waals surface area contributed by atoms with Crippen molar-refractivity contribution in [1.29, 1.82) is 0 Å². The summed E-state index contributed by atoms with van der Waals surface area (Å²) < 4.78 is 0. The molecule has 2 aromatic carbocycles. The molecular weight excluding hydrogens is 293 g/mol. The highest BCUT2D eigenvalue weighted by Crippen LogP contribution is 2.30. The molecule has 1 aliphatic rings. The van der Waals surface area contributed by atoms with E-state index in [0.717, 1.165) is 36.7 Å². The molecule has 0 atom stereocenters. The van der Waals surface area contributed by atoms with Crippen molar-refractivity contribution in [3.8, 4) is 0 Å². The van der Waals surface area contributed by atoms with Crippen LogP contribution in [-0.4, -0.2) is 18.9 Å². The van der Waals surface area contributed by atoms with Gasteiger partial charge in [0.15, 0.2) is 5.78 Å². The number of nitrogens with one attached hydrogen (secondary N) is 1. The van der Waals surface area contributed by atoms with Crippen molar-refractivity contribution in [3.05, 3.63) is 47.0 Å². The molecule has 0 amide bonds. The molecule has 0 bridgehead atoms. The Bertz CT molecular complexity index is 621. The number of halogens is 2. The van der Waals surface area contributed by atoms with E-state index >= 15 is 0 Å². The molecule has 1 saturated heterocycles.